The largest absolute Gasteiger partial charge is 0.396 e. The van der Waals surface area contributed by atoms with E-state index in [-0.39, 0.29) is 17.6 Å². The molecule has 0 saturated carbocycles. The average Bonchev–Trinajstić information content (AvgIpc) is 2.40. The molecule has 1 aliphatic rings. The highest BCUT2D eigenvalue weighted by Gasteiger charge is 2.16. The van der Waals surface area contributed by atoms with E-state index in [4.69, 9.17) is 10.5 Å². The summed E-state index contributed by atoms with van der Waals surface area (Å²) in [5.41, 5.74) is 5.83. The summed E-state index contributed by atoms with van der Waals surface area (Å²) >= 11 is 0. The first-order valence-electron chi connectivity index (χ1n) is 6.36. The summed E-state index contributed by atoms with van der Waals surface area (Å²) in [4.78, 5) is 11.9. The third-order valence-electron chi connectivity index (χ3n) is 3.29. The van der Waals surface area contributed by atoms with Crippen LogP contribution in [0.5, 0.6) is 0 Å². The number of carbonyl (C=O) groups is 1. The van der Waals surface area contributed by atoms with E-state index in [0.29, 0.717) is 18.4 Å². The summed E-state index contributed by atoms with van der Waals surface area (Å²) in [5, 5.41) is 0. The highest BCUT2D eigenvalue weighted by atomic mass is 19.1. The van der Waals surface area contributed by atoms with Gasteiger partial charge in [0.1, 0.15) is 5.82 Å². The van der Waals surface area contributed by atoms with Crippen molar-refractivity contribution in [2.45, 2.75) is 38.2 Å². The van der Waals surface area contributed by atoms with Crippen LogP contribution in [0.15, 0.2) is 18.2 Å². The maximum absolute atomic E-state index is 13.2. The first-order valence-corrected chi connectivity index (χ1v) is 6.36. The van der Waals surface area contributed by atoms with Crippen molar-refractivity contribution in [3.8, 4) is 0 Å². The Hall–Kier alpha value is -1.42. The fourth-order valence-electron chi connectivity index (χ4n) is 2.17. The summed E-state index contributed by atoms with van der Waals surface area (Å²) in [6, 6.07) is 4.21. The van der Waals surface area contributed by atoms with Crippen molar-refractivity contribution in [1.29, 1.82) is 0 Å². The molecule has 1 saturated heterocycles. The maximum atomic E-state index is 13.2. The number of rotatable bonds is 4. The van der Waals surface area contributed by atoms with E-state index in [1.54, 1.807) is 6.07 Å². The van der Waals surface area contributed by atoms with Gasteiger partial charge in [-0.1, -0.05) is 0 Å². The Kier molecular flexibility index (Phi) is 4.31. The second-order valence-electron chi connectivity index (χ2n) is 4.69. The number of Topliss-reactive ketones (excluding diaryl/α,β-unsaturated/α-hetero) is 1. The van der Waals surface area contributed by atoms with Crippen molar-refractivity contribution in [1.82, 2.24) is 0 Å². The van der Waals surface area contributed by atoms with Crippen LogP contribution in [-0.2, 0) is 4.74 Å². The van der Waals surface area contributed by atoms with Gasteiger partial charge >= 0.3 is 0 Å². The zero-order valence-electron chi connectivity index (χ0n) is 10.3. The van der Waals surface area contributed by atoms with Crippen LogP contribution < -0.4 is 5.73 Å². The lowest BCUT2D eigenvalue weighted by atomic mass is 10.00. The molecule has 0 radical (unpaired) electrons. The number of carbonyl (C=O) groups excluding carboxylic acids is 1. The molecule has 1 heterocycles. The summed E-state index contributed by atoms with van der Waals surface area (Å²) in [5.74, 6) is -0.585. The Morgan fingerprint density at radius 2 is 2.28 bits per heavy atom. The molecular formula is C14H18FNO2. The Bertz CT molecular complexity index is 428. The predicted molar refractivity (Wildman–Crippen MR) is 68.0 cm³/mol. The van der Waals surface area contributed by atoms with Crippen LogP contribution in [0.1, 0.15) is 42.5 Å². The van der Waals surface area contributed by atoms with Gasteiger partial charge in [0.15, 0.2) is 5.78 Å². The number of anilines is 1. The molecule has 98 valence electrons. The molecule has 2 rings (SSSR count). The molecule has 18 heavy (non-hydrogen) atoms. The zero-order chi connectivity index (χ0) is 13.0. The van der Waals surface area contributed by atoms with Crippen LogP contribution in [0.25, 0.3) is 0 Å². The lowest BCUT2D eigenvalue weighted by molar-refractivity contribution is 0.0104. The molecule has 0 aliphatic carbocycles. The first-order chi connectivity index (χ1) is 8.66. The van der Waals surface area contributed by atoms with E-state index >= 15 is 0 Å². The fourth-order valence-corrected chi connectivity index (χ4v) is 2.17. The van der Waals surface area contributed by atoms with Gasteiger partial charge in [-0.15, -0.1) is 0 Å². The summed E-state index contributed by atoms with van der Waals surface area (Å²) in [7, 11) is 0. The van der Waals surface area contributed by atoms with Crippen molar-refractivity contribution < 1.29 is 13.9 Å². The normalized spacial score (nSPS) is 19.7. The number of hydrogen-bond acceptors (Lipinski definition) is 3. The Labute approximate surface area is 106 Å². The van der Waals surface area contributed by atoms with Gasteiger partial charge in [0.05, 0.1) is 11.8 Å². The fraction of sp³-hybridized carbons (Fsp3) is 0.500. The van der Waals surface area contributed by atoms with E-state index in [1.165, 1.54) is 12.1 Å². The molecule has 1 fully saturated rings. The molecule has 0 amide bonds. The van der Waals surface area contributed by atoms with Crippen LogP contribution in [0.4, 0.5) is 10.1 Å². The average molecular weight is 251 g/mol. The third-order valence-corrected chi connectivity index (χ3v) is 3.29. The highest BCUT2D eigenvalue weighted by molar-refractivity contribution is 5.96. The van der Waals surface area contributed by atoms with Crippen molar-refractivity contribution in [2.75, 3.05) is 12.3 Å². The summed E-state index contributed by atoms with van der Waals surface area (Å²) in [6.07, 6.45) is 4.58. The first kappa shape index (κ1) is 13.0. The maximum Gasteiger partial charge on any atom is 0.163 e. The second kappa shape index (κ2) is 5.96. The highest BCUT2D eigenvalue weighted by Crippen LogP contribution is 2.19. The monoisotopic (exact) mass is 251 g/mol. The van der Waals surface area contributed by atoms with Crippen LogP contribution in [0.2, 0.25) is 0 Å². The third kappa shape index (κ3) is 3.29. The van der Waals surface area contributed by atoms with Crippen molar-refractivity contribution >= 4 is 11.5 Å². The number of ether oxygens (including phenoxy) is 1. The smallest absolute Gasteiger partial charge is 0.163 e. The zero-order valence-corrected chi connectivity index (χ0v) is 10.3. The minimum atomic E-state index is -0.533. The number of hydrogen-bond donors (Lipinski definition) is 1. The van der Waals surface area contributed by atoms with Crippen molar-refractivity contribution in [3.63, 3.8) is 0 Å². The van der Waals surface area contributed by atoms with E-state index in [0.717, 1.165) is 25.9 Å². The van der Waals surface area contributed by atoms with Gasteiger partial charge in [0, 0.05) is 18.6 Å². The van der Waals surface area contributed by atoms with Gasteiger partial charge in [-0.3, -0.25) is 4.79 Å². The van der Waals surface area contributed by atoms with Gasteiger partial charge in [0.25, 0.3) is 0 Å². The molecular weight excluding hydrogens is 233 g/mol. The molecule has 2 N–H and O–H groups in total. The molecule has 1 unspecified atom stereocenters. The molecule has 0 bridgehead atoms. The number of nitrogen functional groups attached to an aromatic ring is 1. The quantitative estimate of drug-likeness (QED) is 0.661. The number of benzene rings is 1. The van der Waals surface area contributed by atoms with E-state index in [2.05, 4.69) is 0 Å². The molecule has 4 heteroatoms. The molecule has 1 aromatic carbocycles. The van der Waals surface area contributed by atoms with Crippen molar-refractivity contribution in [2.24, 2.45) is 0 Å². The van der Waals surface area contributed by atoms with E-state index in [1.807, 2.05) is 0 Å². The lowest BCUT2D eigenvalue weighted by Crippen LogP contribution is -2.20. The van der Waals surface area contributed by atoms with E-state index < -0.39 is 5.82 Å². The lowest BCUT2D eigenvalue weighted by Gasteiger charge is -2.22. The number of halogens is 1. The summed E-state index contributed by atoms with van der Waals surface area (Å²) < 4.78 is 18.8. The molecule has 3 nitrogen and oxygen atoms in total. The summed E-state index contributed by atoms with van der Waals surface area (Å²) in [6.45, 7) is 0.787. The molecule has 0 aromatic heterocycles. The van der Waals surface area contributed by atoms with Crippen LogP contribution >= 0.6 is 0 Å². The predicted octanol–water partition coefficient (Wildman–Crippen LogP) is 2.94. The SMILES string of the molecule is Nc1ccc(C(=O)CCC2CCCCO2)cc1F. The Morgan fingerprint density at radius 1 is 1.44 bits per heavy atom. The van der Waals surface area contributed by atoms with Crippen LogP contribution in [-0.4, -0.2) is 18.5 Å². The Balaban J connectivity index is 1.88. The Morgan fingerprint density at radius 3 is 2.94 bits per heavy atom. The van der Waals surface area contributed by atoms with Gasteiger partial charge in [-0.05, 0) is 43.9 Å². The van der Waals surface area contributed by atoms with Gasteiger partial charge < -0.3 is 10.5 Å². The second-order valence-corrected chi connectivity index (χ2v) is 4.69. The van der Waals surface area contributed by atoms with Crippen LogP contribution in [0, 0.1) is 5.82 Å². The van der Waals surface area contributed by atoms with E-state index in [9.17, 15) is 9.18 Å². The van der Waals surface area contributed by atoms with Gasteiger partial charge in [0.2, 0.25) is 0 Å². The number of ketones is 1. The molecule has 1 atom stereocenters. The van der Waals surface area contributed by atoms with Crippen molar-refractivity contribution in [3.05, 3.63) is 29.6 Å². The standard InChI is InChI=1S/C14H18FNO2/c15-12-9-10(4-6-13(12)16)14(17)7-5-11-3-1-2-8-18-11/h4,6,9,11H,1-3,5,7-8,16H2. The topological polar surface area (TPSA) is 52.3 Å². The minimum Gasteiger partial charge on any atom is -0.396 e. The molecule has 1 aromatic rings. The number of nitrogens with two attached hydrogens (primary N) is 1. The molecule has 0 spiro atoms. The molecule has 1 aliphatic heterocycles. The minimum absolute atomic E-state index is 0.0527. The van der Waals surface area contributed by atoms with Gasteiger partial charge in [-0.2, -0.15) is 0 Å². The van der Waals surface area contributed by atoms with Gasteiger partial charge in [-0.25, -0.2) is 4.39 Å². The van der Waals surface area contributed by atoms with Crippen LogP contribution in [0.3, 0.4) is 0 Å².